The van der Waals surface area contributed by atoms with Gasteiger partial charge in [0.25, 0.3) is 0 Å². The summed E-state index contributed by atoms with van der Waals surface area (Å²) in [6.45, 7) is 2.24. The molecule has 1 aliphatic rings. The molecule has 1 unspecified atom stereocenters. The van der Waals surface area contributed by atoms with Gasteiger partial charge in [0.15, 0.2) is 0 Å². The van der Waals surface area contributed by atoms with Crippen LogP contribution in [0.4, 0.5) is 4.79 Å². The molecule has 7 nitrogen and oxygen atoms in total. The number of ether oxygens (including phenoxy) is 2. The fraction of sp³-hybridized carbons (Fsp3) is 0.833. The predicted octanol–water partition coefficient (Wildman–Crippen LogP) is 0.298. The van der Waals surface area contributed by atoms with Gasteiger partial charge in [-0.1, -0.05) is 0 Å². The van der Waals surface area contributed by atoms with Gasteiger partial charge in [0.1, 0.15) is 6.04 Å². The molecule has 0 aliphatic carbocycles. The van der Waals surface area contributed by atoms with Crippen LogP contribution in [0.25, 0.3) is 0 Å². The molecule has 7 heteroatoms. The van der Waals surface area contributed by atoms with Crippen LogP contribution in [-0.2, 0) is 14.3 Å². The maximum atomic E-state index is 11.9. The fourth-order valence-corrected chi connectivity index (χ4v) is 2.01. The number of nitrogens with zero attached hydrogens (tertiary/aromatic N) is 1. The van der Waals surface area contributed by atoms with Gasteiger partial charge in [0.2, 0.25) is 0 Å². The molecule has 1 fully saturated rings. The summed E-state index contributed by atoms with van der Waals surface area (Å²) in [5.74, 6) is -0.939. The Hall–Kier alpha value is -1.34. The van der Waals surface area contributed by atoms with Gasteiger partial charge in [-0.15, -0.1) is 0 Å². The molecule has 1 atom stereocenters. The molecule has 0 spiro atoms. The summed E-state index contributed by atoms with van der Waals surface area (Å²) in [6.07, 6.45) is 2.22. The second-order valence-corrected chi connectivity index (χ2v) is 4.38. The van der Waals surface area contributed by atoms with E-state index in [4.69, 9.17) is 14.6 Å². The van der Waals surface area contributed by atoms with E-state index < -0.39 is 12.0 Å². The lowest BCUT2D eigenvalue weighted by molar-refractivity contribution is -0.143. The molecule has 0 aromatic heterocycles. The Balaban J connectivity index is 2.25. The third kappa shape index (κ3) is 5.44. The van der Waals surface area contributed by atoms with E-state index in [-0.39, 0.29) is 6.03 Å². The van der Waals surface area contributed by atoms with Crippen molar-refractivity contribution in [1.82, 2.24) is 10.2 Å². The Morgan fingerprint density at radius 3 is 2.79 bits per heavy atom. The highest BCUT2D eigenvalue weighted by atomic mass is 16.5. The van der Waals surface area contributed by atoms with Crippen molar-refractivity contribution in [3.05, 3.63) is 0 Å². The van der Waals surface area contributed by atoms with Crippen LogP contribution in [0.5, 0.6) is 0 Å². The van der Waals surface area contributed by atoms with Crippen LogP contribution in [0.2, 0.25) is 0 Å². The zero-order chi connectivity index (χ0) is 14.1. The minimum Gasteiger partial charge on any atom is -0.480 e. The van der Waals surface area contributed by atoms with Gasteiger partial charge >= 0.3 is 12.0 Å². The van der Waals surface area contributed by atoms with Crippen LogP contribution in [0.3, 0.4) is 0 Å². The first-order valence-corrected chi connectivity index (χ1v) is 6.50. The van der Waals surface area contributed by atoms with Gasteiger partial charge in [-0.05, 0) is 19.3 Å². The molecular formula is C12H22N2O5. The Morgan fingerprint density at radius 2 is 2.11 bits per heavy atom. The number of nitrogens with one attached hydrogen (secondary N) is 1. The highest BCUT2D eigenvalue weighted by molar-refractivity contribution is 5.82. The summed E-state index contributed by atoms with van der Waals surface area (Å²) in [5.41, 5.74) is 0. The third-order valence-electron chi connectivity index (χ3n) is 3.00. The number of carboxylic acids is 1. The zero-order valence-corrected chi connectivity index (χ0v) is 11.3. The highest BCUT2D eigenvalue weighted by Crippen LogP contribution is 2.16. The van der Waals surface area contributed by atoms with E-state index in [0.29, 0.717) is 39.3 Å². The summed E-state index contributed by atoms with van der Waals surface area (Å²) < 4.78 is 10.0. The number of likely N-dealkylation sites (tertiary alicyclic amines) is 1. The highest BCUT2D eigenvalue weighted by Gasteiger charge is 2.31. The van der Waals surface area contributed by atoms with Crippen molar-refractivity contribution in [1.29, 1.82) is 0 Å². The average molecular weight is 274 g/mol. The van der Waals surface area contributed by atoms with E-state index in [0.717, 1.165) is 12.8 Å². The van der Waals surface area contributed by atoms with Crippen LogP contribution in [0.1, 0.15) is 19.3 Å². The molecule has 1 rings (SSSR count). The lowest BCUT2D eigenvalue weighted by Crippen LogP contribution is -2.52. The van der Waals surface area contributed by atoms with Gasteiger partial charge in [-0.25, -0.2) is 9.59 Å². The van der Waals surface area contributed by atoms with Gasteiger partial charge < -0.3 is 24.8 Å². The Morgan fingerprint density at radius 1 is 1.32 bits per heavy atom. The minimum atomic E-state index is -0.939. The topological polar surface area (TPSA) is 88.1 Å². The molecule has 0 bridgehead atoms. The molecule has 0 radical (unpaired) electrons. The normalized spacial score (nSPS) is 19.2. The lowest BCUT2D eigenvalue weighted by Gasteiger charge is -2.32. The van der Waals surface area contributed by atoms with Crippen molar-refractivity contribution in [3.63, 3.8) is 0 Å². The maximum Gasteiger partial charge on any atom is 0.326 e. The third-order valence-corrected chi connectivity index (χ3v) is 3.00. The first-order chi connectivity index (χ1) is 9.16. The largest absolute Gasteiger partial charge is 0.480 e. The molecule has 2 amide bonds. The number of hydrogen-bond donors (Lipinski definition) is 2. The molecule has 2 N–H and O–H groups in total. The fourth-order valence-electron chi connectivity index (χ4n) is 2.01. The lowest BCUT2D eigenvalue weighted by atomic mass is 10.0. The minimum absolute atomic E-state index is 0.331. The number of carboxylic acid groups (broad SMARTS) is 1. The van der Waals surface area contributed by atoms with Crippen LogP contribution >= 0.6 is 0 Å². The number of aliphatic carboxylic acids is 1. The summed E-state index contributed by atoms with van der Waals surface area (Å²) in [7, 11) is 1.59. The second-order valence-electron chi connectivity index (χ2n) is 4.38. The number of methoxy groups -OCH3 is 1. The van der Waals surface area contributed by atoms with E-state index in [2.05, 4.69) is 5.32 Å². The molecular weight excluding hydrogens is 252 g/mol. The van der Waals surface area contributed by atoms with E-state index in [9.17, 15) is 9.59 Å². The maximum absolute atomic E-state index is 11.9. The standard InChI is InChI=1S/C12H22N2O5/c1-18-8-9-19-7-5-13-12(17)14-6-3-2-4-10(14)11(15)16/h10H,2-9H2,1H3,(H,13,17)(H,15,16). The number of rotatable bonds is 7. The number of hydrogen-bond acceptors (Lipinski definition) is 4. The molecule has 1 saturated heterocycles. The molecule has 110 valence electrons. The first-order valence-electron chi connectivity index (χ1n) is 6.50. The number of carbonyl (C=O) groups is 2. The molecule has 0 saturated carbocycles. The summed E-state index contributed by atoms with van der Waals surface area (Å²) in [6, 6.07) is -1.04. The van der Waals surface area contributed by atoms with E-state index in [1.807, 2.05) is 0 Å². The molecule has 0 aromatic rings. The van der Waals surface area contributed by atoms with Crippen molar-refractivity contribution in [3.8, 4) is 0 Å². The van der Waals surface area contributed by atoms with Crippen molar-refractivity contribution in [2.45, 2.75) is 25.3 Å². The Labute approximate surface area is 112 Å². The zero-order valence-electron chi connectivity index (χ0n) is 11.3. The van der Waals surface area contributed by atoms with Gasteiger partial charge in [0, 0.05) is 20.2 Å². The van der Waals surface area contributed by atoms with Gasteiger partial charge in [-0.3, -0.25) is 0 Å². The first kappa shape index (κ1) is 15.7. The van der Waals surface area contributed by atoms with Crippen LogP contribution in [-0.4, -0.2) is 68.1 Å². The Bertz CT molecular complexity index is 298. The quantitative estimate of drug-likeness (QED) is 0.652. The van der Waals surface area contributed by atoms with Crippen molar-refractivity contribution in [2.75, 3.05) is 40.0 Å². The summed E-state index contributed by atoms with van der Waals surface area (Å²) in [4.78, 5) is 24.3. The van der Waals surface area contributed by atoms with Crippen LogP contribution in [0.15, 0.2) is 0 Å². The number of amides is 2. The summed E-state index contributed by atoms with van der Waals surface area (Å²) in [5, 5.41) is 11.7. The van der Waals surface area contributed by atoms with Gasteiger partial charge in [-0.2, -0.15) is 0 Å². The Kier molecular flexibility index (Phi) is 7.20. The predicted molar refractivity (Wildman–Crippen MR) is 68.1 cm³/mol. The van der Waals surface area contributed by atoms with Crippen molar-refractivity contribution < 1.29 is 24.2 Å². The van der Waals surface area contributed by atoms with Crippen LogP contribution in [0, 0.1) is 0 Å². The van der Waals surface area contributed by atoms with Crippen molar-refractivity contribution >= 4 is 12.0 Å². The SMILES string of the molecule is COCCOCCNC(=O)N1CCCCC1C(=O)O. The van der Waals surface area contributed by atoms with E-state index in [1.165, 1.54) is 4.90 Å². The van der Waals surface area contributed by atoms with Crippen molar-refractivity contribution in [2.24, 2.45) is 0 Å². The van der Waals surface area contributed by atoms with Gasteiger partial charge in [0.05, 0.1) is 19.8 Å². The van der Waals surface area contributed by atoms with E-state index >= 15 is 0 Å². The number of carbonyl (C=O) groups excluding carboxylic acids is 1. The molecule has 1 heterocycles. The van der Waals surface area contributed by atoms with E-state index in [1.54, 1.807) is 7.11 Å². The second kappa shape index (κ2) is 8.71. The molecule has 1 aliphatic heterocycles. The molecule has 19 heavy (non-hydrogen) atoms. The smallest absolute Gasteiger partial charge is 0.326 e. The summed E-state index contributed by atoms with van der Waals surface area (Å²) >= 11 is 0. The number of urea groups is 1. The van der Waals surface area contributed by atoms with Crippen LogP contribution < -0.4 is 5.32 Å². The molecule has 0 aromatic carbocycles. The number of piperidine rings is 1. The average Bonchev–Trinajstić information content (AvgIpc) is 2.42. The monoisotopic (exact) mass is 274 g/mol.